The Kier molecular flexibility index (Phi) is 7.99. The van der Waals surface area contributed by atoms with E-state index in [2.05, 4.69) is 0 Å². The maximum absolute atomic E-state index is 12.8. The normalized spacial score (nSPS) is 15.7. The smallest absolute Gasteiger partial charge is 0.331 e. The van der Waals surface area contributed by atoms with Crippen LogP contribution in [-0.4, -0.2) is 54.4 Å². The molecular weight excluding hydrogens is 476 g/mol. The van der Waals surface area contributed by atoms with Gasteiger partial charge in [-0.25, -0.2) is 0 Å². The van der Waals surface area contributed by atoms with Crippen LogP contribution in [0.25, 0.3) is 0 Å². The van der Waals surface area contributed by atoms with E-state index in [9.17, 15) is 79.0 Å². The van der Waals surface area contributed by atoms with Gasteiger partial charge in [0.2, 0.25) is 0 Å². The van der Waals surface area contributed by atoms with Gasteiger partial charge in [0, 0.05) is 0 Å². The second kappa shape index (κ2) is 7.75. The molecule has 0 saturated carbocycles. The summed E-state index contributed by atoms with van der Waals surface area (Å²) in [5.41, 5.74) is 4.85. The molecule has 2 N–H and O–H groups in total. The molecule has 0 aliphatic rings. The summed E-state index contributed by atoms with van der Waals surface area (Å²) in [6.07, 6.45) is -15.6. The maximum Gasteiger partial charge on any atom is 0.460 e. The van der Waals surface area contributed by atoms with E-state index in [1.54, 1.807) is 0 Å². The lowest BCUT2D eigenvalue weighted by Gasteiger charge is -2.41. The van der Waals surface area contributed by atoms with Crippen LogP contribution in [0, 0.1) is 0 Å². The zero-order valence-corrected chi connectivity index (χ0v) is 13.1. The first-order chi connectivity index (χ1) is 12.2. The molecule has 0 bridgehead atoms. The lowest BCUT2D eigenvalue weighted by atomic mass is 9.91. The minimum Gasteiger partial charge on any atom is -0.331 e. The molecule has 0 atom stereocenters. The summed E-state index contributed by atoms with van der Waals surface area (Å²) in [5, 5.41) is 0. The molecule has 0 saturated heterocycles. The highest BCUT2D eigenvalue weighted by molar-refractivity contribution is 5.14. The van der Waals surface area contributed by atoms with Gasteiger partial charge in [0.25, 0.3) is 0 Å². The van der Waals surface area contributed by atoms with Gasteiger partial charge < -0.3 is 5.73 Å². The molecule has 0 aromatic rings. The second-order valence-corrected chi connectivity index (χ2v) is 4.85. The van der Waals surface area contributed by atoms with E-state index in [-0.39, 0.29) is 0 Å². The van der Waals surface area contributed by atoms with Crippen LogP contribution in [0.4, 0.5) is 79.0 Å². The fourth-order valence-electron chi connectivity index (χ4n) is 1.14. The van der Waals surface area contributed by atoms with Gasteiger partial charge in [0.05, 0.1) is 0 Å². The van der Waals surface area contributed by atoms with Gasteiger partial charge >= 0.3 is 47.9 Å². The molecule has 0 rings (SSSR count). The summed E-state index contributed by atoms with van der Waals surface area (Å²) >= 11 is 0. The SMILES string of the molecule is CCN.FC(F)(F)C(F)(F)C(F)(F)C(F)(F)C(F)(F)C(F)(F)C(F)(F)C(F)(F)F. The van der Waals surface area contributed by atoms with Gasteiger partial charge in [0.15, 0.2) is 0 Å². The number of nitrogens with two attached hydrogens (primary N) is 1. The van der Waals surface area contributed by atoms with Crippen LogP contribution in [0.15, 0.2) is 0 Å². The van der Waals surface area contributed by atoms with Crippen molar-refractivity contribution in [3.63, 3.8) is 0 Å². The van der Waals surface area contributed by atoms with Crippen molar-refractivity contribution in [1.29, 1.82) is 0 Å². The summed E-state index contributed by atoms with van der Waals surface area (Å²) in [4.78, 5) is 0. The lowest BCUT2D eigenvalue weighted by Crippen LogP contribution is -2.74. The first-order valence-corrected chi connectivity index (χ1v) is 6.27. The van der Waals surface area contributed by atoms with Gasteiger partial charge in [-0.1, -0.05) is 6.92 Å². The van der Waals surface area contributed by atoms with Gasteiger partial charge in [-0.2, -0.15) is 79.0 Å². The third-order valence-electron chi connectivity index (χ3n) is 2.68. The fraction of sp³-hybridized carbons (Fsp3) is 1.00. The van der Waals surface area contributed by atoms with Crippen LogP contribution in [-0.2, 0) is 0 Å². The van der Waals surface area contributed by atoms with Crippen LogP contribution < -0.4 is 5.73 Å². The Morgan fingerprint density at radius 1 is 0.379 bits per heavy atom. The second-order valence-electron chi connectivity index (χ2n) is 4.85. The number of halogens is 18. The molecule has 0 aliphatic heterocycles. The highest BCUT2D eigenvalue weighted by atomic mass is 19.4. The molecule has 29 heavy (non-hydrogen) atoms. The molecule has 0 unspecified atom stereocenters. The van der Waals surface area contributed by atoms with Crippen molar-refractivity contribution in [2.24, 2.45) is 5.73 Å². The Bertz CT molecular complexity index is 492. The maximum atomic E-state index is 12.8. The highest BCUT2D eigenvalue weighted by Crippen LogP contribution is 2.63. The average molecular weight is 483 g/mol. The van der Waals surface area contributed by atoms with Gasteiger partial charge in [0.1, 0.15) is 0 Å². The largest absolute Gasteiger partial charge is 0.460 e. The van der Waals surface area contributed by atoms with E-state index in [0.29, 0.717) is 0 Å². The topological polar surface area (TPSA) is 26.0 Å². The van der Waals surface area contributed by atoms with Crippen LogP contribution in [0.2, 0.25) is 0 Å². The predicted octanol–water partition coefficient (Wildman–Crippen LogP) is 5.89. The monoisotopic (exact) mass is 483 g/mol. The molecule has 0 heterocycles. The van der Waals surface area contributed by atoms with Gasteiger partial charge in [-0.3, -0.25) is 0 Å². The Labute approximate surface area is 147 Å². The Balaban J connectivity index is 0. The third-order valence-corrected chi connectivity index (χ3v) is 2.68. The van der Waals surface area contributed by atoms with Crippen LogP contribution in [0.5, 0.6) is 0 Å². The van der Waals surface area contributed by atoms with E-state index in [1.165, 1.54) is 0 Å². The van der Waals surface area contributed by atoms with Crippen molar-refractivity contribution in [2.75, 3.05) is 6.54 Å². The molecular formula is C10H7F18N. The van der Waals surface area contributed by atoms with Crippen molar-refractivity contribution in [3.8, 4) is 0 Å². The quantitative estimate of drug-likeness (QED) is 0.486. The van der Waals surface area contributed by atoms with Crippen molar-refractivity contribution < 1.29 is 79.0 Å². The lowest BCUT2D eigenvalue weighted by molar-refractivity contribution is -0.468. The first kappa shape index (κ1) is 29.9. The molecule has 178 valence electrons. The van der Waals surface area contributed by atoms with Crippen molar-refractivity contribution in [3.05, 3.63) is 0 Å². The van der Waals surface area contributed by atoms with E-state index in [4.69, 9.17) is 5.73 Å². The summed E-state index contributed by atoms with van der Waals surface area (Å²) < 4.78 is 221. The van der Waals surface area contributed by atoms with E-state index in [0.717, 1.165) is 6.54 Å². The molecule has 0 aromatic carbocycles. The number of alkyl halides is 18. The van der Waals surface area contributed by atoms with Crippen LogP contribution in [0.3, 0.4) is 0 Å². The first-order valence-electron chi connectivity index (χ1n) is 6.27. The minimum atomic E-state index is -8.72. The van der Waals surface area contributed by atoms with Crippen LogP contribution in [0.1, 0.15) is 6.92 Å². The summed E-state index contributed by atoms with van der Waals surface area (Å²) in [6.45, 7) is 2.65. The van der Waals surface area contributed by atoms with Crippen molar-refractivity contribution in [2.45, 2.75) is 54.8 Å². The average Bonchev–Trinajstić information content (AvgIpc) is 2.44. The molecule has 0 radical (unpaired) electrons. The molecule has 0 amide bonds. The van der Waals surface area contributed by atoms with E-state index < -0.39 is 47.9 Å². The molecule has 0 fully saturated rings. The predicted molar refractivity (Wildman–Crippen MR) is 56.5 cm³/mol. The summed E-state index contributed by atoms with van der Waals surface area (Å²) in [5.74, 6) is -51.0. The number of hydrogen-bond donors (Lipinski definition) is 1. The molecule has 0 aromatic heterocycles. The van der Waals surface area contributed by atoms with E-state index >= 15 is 0 Å². The highest BCUT2D eigenvalue weighted by Gasteiger charge is 2.95. The van der Waals surface area contributed by atoms with Crippen molar-refractivity contribution in [1.82, 2.24) is 0 Å². The summed E-state index contributed by atoms with van der Waals surface area (Å²) in [6, 6.07) is 0. The van der Waals surface area contributed by atoms with Crippen LogP contribution >= 0.6 is 0 Å². The van der Waals surface area contributed by atoms with Crippen molar-refractivity contribution >= 4 is 0 Å². The Morgan fingerprint density at radius 2 is 0.483 bits per heavy atom. The number of hydrogen-bond acceptors (Lipinski definition) is 1. The van der Waals surface area contributed by atoms with Gasteiger partial charge in [-0.05, 0) is 6.54 Å². The Hall–Kier alpha value is -1.30. The minimum absolute atomic E-state index is 0.750. The zero-order chi connectivity index (χ0) is 24.7. The Morgan fingerprint density at radius 3 is 0.586 bits per heavy atom. The molecule has 19 heteroatoms. The standard InChI is InChI=1S/C8F18.C2H7N/c9-1(10,3(13,14)5(17,18)7(21,22)23)2(11,12)4(15,16)6(19,20)8(24,25)26;1-2-3/h;2-3H2,1H3. The zero-order valence-electron chi connectivity index (χ0n) is 13.1. The van der Waals surface area contributed by atoms with E-state index in [1.807, 2.05) is 6.92 Å². The third kappa shape index (κ3) is 4.28. The fourth-order valence-corrected chi connectivity index (χ4v) is 1.14. The number of rotatable bonds is 5. The summed E-state index contributed by atoms with van der Waals surface area (Å²) in [7, 11) is 0. The molecule has 1 nitrogen and oxygen atoms in total. The molecule has 0 aliphatic carbocycles. The van der Waals surface area contributed by atoms with Gasteiger partial charge in [-0.15, -0.1) is 0 Å². The molecule has 0 spiro atoms.